The molecular formula is C15H25NO2. The summed E-state index contributed by atoms with van der Waals surface area (Å²) in [5.41, 5.74) is 0.716. The van der Waals surface area contributed by atoms with E-state index in [1.165, 1.54) is 25.7 Å². The van der Waals surface area contributed by atoms with Crippen molar-refractivity contribution >= 4 is 5.78 Å². The Morgan fingerprint density at radius 3 is 2.78 bits per heavy atom. The molecule has 1 rings (SSSR count). The van der Waals surface area contributed by atoms with Crippen LogP contribution in [0.2, 0.25) is 0 Å². The first-order chi connectivity index (χ1) is 8.65. The summed E-state index contributed by atoms with van der Waals surface area (Å²) in [5, 5.41) is 0. The van der Waals surface area contributed by atoms with E-state index >= 15 is 0 Å². The van der Waals surface area contributed by atoms with Gasteiger partial charge in [-0.15, -0.1) is 0 Å². The molecule has 0 bridgehead atoms. The summed E-state index contributed by atoms with van der Waals surface area (Å²) in [6.45, 7) is 4.44. The van der Waals surface area contributed by atoms with Crippen LogP contribution >= 0.6 is 0 Å². The van der Waals surface area contributed by atoms with Crippen LogP contribution < -0.4 is 0 Å². The van der Waals surface area contributed by atoms with Crippen LogP contribution in [0.4, 0.5) is 0 Å². The molecular weight excluding hydrogens is 226 g/mol. The fourth-order valence-corrected chi connectivity index (χ4v) is 1.98. The predicted molar refractivity (Wildman–Crippen MR) is 73.9 cm³/mol. The van der Waals surface area contributed by atoms with Crippen LogP contribution in [0.15, 0.2) is 18.3 Å². The van der Waals surface area contributed by atoms with E-state index in [2.05, 4.69) is 6.92 Å². The molecule has 0 aliphatic heterocycles. The molecule has 0 aromatic carbocycles. The van der Waals surface area contributed by atoms with E-state index < -0.39 is 0 Å². The van der Waals surface area contributed by atoms with Gasteiger partial charge in [0, 0.05) is 13.2 Å². The van der Waals surface area contributed by atoms with Gasteiger partial charge in [-0.25, -0.2) is 0 Å². The third-order valence-corrected chi connectivity index (χ3v) is 3.19. The lowest BCUT2D eigenvalue weighted by atomic mass is 10.1. The van der Waals surface area contributed by atoms with Crippen LogP contribution in [-0.4, -0.2) is 23.1 Å². The highest BCUT2D eigenvalue weighted by Gasteiger charge is 2.11. The largest absolute Gasteiger partial charge is 0.370 e. The fourth-order valence-electron chi connectivity index (χ4n) is 1.98. The molecule has 0 fully saturated rings. The molecule has 0 spiro atoms. The van der Waals surface area contributed by atoms with E-state index in [4.69, 9.17) is 4.74 Å². The van der Waals surface area contributed by atoms with Gasteiger partial charge in [0.25, 0.3) is 0 Å². The first-order valence-electron chi connectivity index (χ1n) is 6.91. The van der Waals surface area contributed by atoms with Gasteiger partial charge in [-0.05, 0) is 25.5 Å². The van der Waals surface area contributed by atoms with E-state index in [0.717, 1.165) is 6.42 Å². The average molecular weight is 251 g/mol. The molecule has 0 saturated carbocycles. The second kappa shape index (κ2) is 8.09. The zero-order valence-electron chi connectivity index (χ0n) is 11.8. The van der Waals surface area contributed by atoms with Crippen LogP contribution in [0, 0.1) is 0 Å². The minimum absolute atomic E-state index is 0.0582. The van der Waals surface area contributed by atoms with Crippen molar-refractivity contribution in [3.63, 3.8) is 0 Å². The van der Waals surface area contributed by atoms with Gasteiger partial charge in [0.1, 0.15) is 6.61 Å². The Bertz CT molecular complexity index is 357. The molecule has 0 radical (unpaired) electrons. The molecule has 1 heterocycles. The number of ether oxygens (including phenoxy) is 1. The first kappa shape index (κ1) is 15.0. The summed E-state index contributed by atoms with van der Waals surface area (Å²) in [4.78, 5) is 11.9. The van der Waals surface area contributed by atoms with E-state index in [1.807, 2.05) is 36.9 Å². The zero-order valence-corrected chi connectivity index (χ0v) is 11.8. The van der Waals surface area contributed by atoms with Crippen molar-refractivity contribution in [1.82, 2.24) is 4.57 Å². The van der Waals surface area contributed by atoms with Gasteiger partial charge in [-0.2, -0.15) is 0 Å². The lowest BCUT2D eigenvalue weighted by molar-refractivity contribution is 0.0477. The first-order valence-corrected chi connectivity index (χ1v) is 6.91. The number of hydrogen-bond acceptors (Lipinski definition) is 2. The molecule has 0 saturated heterocycles. The Balaban J connectivity index is 2.20. The van der Waals surface area contributed by atoms with Gasteiger partial charge in [0.15, 0.2) is 0 Å². The molecule has 102 valence electrons. The standard InChI is InChI=1S/C15H25NO2/c1-4-5-6-7-9-13(2)18-12-15(17)14-10-8-11-16(14)3/h8,10-11,13H,4-7,9,12H2,1-3H3. The third kappa shape index (κ3) is 5.05. The maximum Gasteiger partial charge on any atom is 0.204 e. The number of unbranched alkanes of at least 4 members (excludes halogenated alkanes) is 3. The van der Waals surface area contributed by atoms with E-state index in [9.17, 15) is 4.79 Å². The molecule has 1 aromatic heterocycles. The maximum atomic E-state index is 11.9. The molecule has 0 aliphatic rings. The number of ketones is 1. The van der Waals surface area contributed by atoms with Crippen molar-refractivity contribution in [2.75, 3.05) is 6.61 Å². The molecule has 3 heteroatoms. The van der Waals surface area contributed by atoms with Crippen LogP contribution in [0.25, 0.3) is 0 Å². The minimum Gasteiger partial charge on any atom is -0.370 e. The Labute approximate surface area is 110 Å². The number of Topliss-reactive ketones (excluding diaryl/α,β-unsaturated/α-hetero) is 1. The number of carbonyl (C=O) groups is 1. The number of aryl methyl sites for hydroxylation is 1. The lowest BCUT2D eigenvalue weighted by Gasteiger charge is -2.12. The quantitative estimate of drug-likeness (QED) is 0.496. The summed E-state index contributed by atoms with van der Waals surface area (Å²) < 4.78 is 7.43. The predicted octanol–water partition coefficient (Wildman–Crippen LogP) is 3.58. The second-order valence-electron chi connectivity index (χ2n) is 4.90. The van der Waals surface area contributed by atoms with Gasteiger partial charge >= 0.3 is 0 Å². The van der Waals surface area contributed by atoms with Gasteiger partial charge in [-0.3, -0.25) is 4.79 Å². The monoisotopic (exact) mass is 251 g/mol. The van der Waals surface area contributed by atoms with Gasteiger partial charge < -0.3 is 9.30 Å². The SMILES string of the molecule is CCCCCCC(C)OCC(=O)c1cccn1C. The maximum absolute atomic E-state index is 11.9. The Hall–Kier alpha value is -1.09. The van der Waals surface area contributed by atoms with Gasteiger partial charge in [-0.1, -0.05) is 32.6 Å². The average Bonchev–Trinajstić information content (AvgIpc) is 2.78. The fraction of sp³-hybridized carbons (Fsp3) is 0.667. The molecule has 0 amide bonds. The highest BCUT2D eigenvalue weighted by atomic mass is 16.5. The van der Waals surface area contributed by atoms with Crippen LogP contribution in [0.1, 0.15) is 56.4 Å². The number of carbonyl (C=O) groups excluding carboxylic acids is 1. The van der Waals surface area contributed by atoms with Crippen LogP contribution in [-0.2, 0) is 11.8 Å². The molecule has 1 atom stereocenters. The van der Waals surface area contributed by atoms with Gasteiger partial charge in [0.2, 0.25) is 5.78 Å². The van der Waals surface area contributed by atoms with E-state index in [-0.39, 0.29) is 18.5 Å². The van der Waals surface area contributed by atoms with E-state index in [1.54, 1.807) is 0 Å². The molecule has 0 aliphatic carbocycles. The molecule has 0 N–H and O–H groups in total. The lowest BCUT2D eigenvalue weighted by Crippen LogP contribution is -2.17. The molecule has 18 heavy (non-hydrogen) atoms. The number of nitrogens with zero attached hydrogens (tertiary/aromatic N) is 1. The van der Waals surface area contributed by atoms with Crippen LogP contribution in [0.5, 0.6) is 0 Å². The van der Waals surface area contributed by atoms with Crippen molar-refractivity contribution in [2.24, 2.45) is 7.05 Å². The molecule has 1 unspecified atom stereocenters. The van der Waals surface area contributed by atoms with Crippen molar-refractivity contribution in [3.05, 3.63) is 24.0 Å². The van der Waals surface area contributed by atoms with Crippen molar-refractivity contribution in [2.45, 2.75) is 52.1 Å². The summed E-state index contributed by atoms with van der Waals surface area (Å²) in [7, 11) is 1.88. The number of aromatic nitrogens is 1. The van der Waals surface area contributed by atoms with Crippen molar-refractivity contribution < 1.29 is 9.53 Å². The normalized spacial score (nSPS) is 12.6. The minimum atomic E-state index is 0.0582. The smallest absolute Gasteiger partial charge is 0.204 e. The van der Waals surface area contributed by atoms with Crippen LogP contribution in [0.3, 0.4) is 0 Å². The Morgan fingerprint density at radius 1 is 1.39 bits per heavy atom. The third-order valence-electron chi connectivity index (χ3n) is 3.19. The zero-order chi connectivity index (χ0) is 13.4. The summed E-state index contributed by atoms with van der Waals surface area (Å²) in [6.07, 6.45) is 8.08. The number of hydrogen-bond donors (Lipinski definition) is 0. The number of rotatable bonds is 9. The topological polar surface area (TPSA) is 31.2 Å². The van der Waals surface area contributed by atoms with E-state index in [0.29, 0.717) is 5.69 Å². The van der Waals surface area contributed by atoms with Gasteiger partial charge in [0.05, 0.1) is 11.8 Å². The molecule has 3 nitrogen and oxygen atoms in total. The summed E-state index contributed by atoms with van der Waals surface area (Å²) in [6, 6.07) is 3.71. The Morgan fingerprint density at radius 2 is 2.17 bits per heavy atom. The second-order valence-corrected chi connectivity index (χ2v) is 4.90. The summed E-state index contributed by atoms with van der Waals surface area (Å²) >= 11 is 0. The molecule has 1 aromatic rings. The summed E-state index contributed by atoms with van der Waals surface area (Å²) in [5.74, 6) is 0.0582. The highest BCUT2D eigenvalue weighted by molar-refractivity contribution is 5.95. The van der Waals surface area contributed by atoms with Crippen molar-refractivity contribution in [1.29, 1.82) is 0 Å². The highest BCUT2D eigenvalue weighted by Crippen LogP contribution is 2.09. The Kier molecular flexibility index (Phi) is 6.73. The van der Waals surface area contributed by atoms with Crippen molar-refractivity contribution in [3.8, 4) is 0 Å².